The maximum Gasteiger partial charge on any atom is 0.267 e. The van der Waals surface area contributed by atoms with E-state index < -0.39 is 6.10 Å². The Hall–Kier alpha value is -2.50. The van der Waals surface area contributed by atoms with E-state index in [1.54, 1.807) is 6.20 Å². The first kappa shape index (κ1) is 14.1. The zero-order valence-corrected chi connectivity index (χ0v) is 12.8. The number of aromatic amines is 1. The van der Waals surface area contributed by atoms with Crippen LogP contribution < -0.4 is 9.47 Å². The van der Waals surface area contributed by atoms with Crippen LogP contribution in [0.3, 0.4) is 0 Å². The van der Waals surface area contributed by atoms with E-state index in [1.807, 2.05) is 35.4 Å². The summed E-state index contributed by atoms with van der Waals surface area (Å²) in [5.41, 5.74) is 1.05. The highest BCUT2D eigenvalue weighted by atomic mass is 16.6. The number of nitrogens with zero attached hydrogens (tertiary/aromatic N) is 2. The third kappa shape index (κ3) is 2.65. The van der Waals surface area contributed by atoms with Crippen molar-refractivity contribution < 1.29 is 14.3 Å². The Kier molecular flexibility index (Phi) is 3.65. The number of aromatic nitrogens is 2. The summed E-state index contributed by atoms with van der Waals surface area (Å²) in [6, 6.07) is 7.52. The van der Waals surface area contributed by atoms with E-state index in [9.17, 15) is 4.79 Å². The number of benzene rings is 1. The number of carbonyl (C=O) groups excluding carboxylic acids is 1. The van der Waals surface area contributed by atoms with E-state index in [0.717, 1.165) is 31.4 Å². The first-order chi connectivity index (χ1) is 11.3. The Morgan fingerprint density at radius 2 is 2.13 bits per heavy atom. The number of hydrogen-bond donors (Lipinski definition) is 1. The summed E-state index contributed by atoms with van der Waals surface area (Å²) >= 11 is 0. The van der Waals surface area contributed by atoms with E-state index in [2.05, 4.69) is 10.2 Å². The maximum absolute atomic E-state index is 13.0. The molecule has 2 atom stereocenters. The minimum absolute atomic E-state index is 0.00889. The summed E-state index contributed by atoms with van der Waals surface area (Å²) < 4.78 is 11.6. The Balaban J connectivity index is 1.54. The molecule has 0 radical (unpaired) electrons. The van der Waals surface area contributed by atoms with Crippen LogP contribution in [-0.2, 0) is 4.79 Å². The van der Waals surface area contributed by atoms with Gasteiger partial charge in [-0.05, 0) is 31.4 Å². The second-order valence-corrected chi connectivity index (χ2v) is 5.94. The summed E-state index contributed by atoms with van der Waals surface area (Å²) in [5, 5.41) is 6.85. The summed E-state index contributed by atoms with van der Waals surface area (Å²) in [4.78, 5) is 14.9. The highest BCUT2D eigenvalue weighted by Crippen LogP contribution is 2.34. The molecule has 2 aliphatic heterocycles. The second-order valence-electron chi connectivity index (χ2n) is 5.94. The van der Waals surface area contributed by atoms with E-state index >= 15 is 0 Å². The molecule has 0 saturated carbocycles. The molecule has 1 amide bonds. The van der Waals surface area contributed by atoms with Crippen molar-refractivity contribution in [3.05, 3.63) is 42.2 Å². The molecule has 1 N–H and O–H groups in total. The smallest absolute Gasteiger partial charge is 0.267 e. The largest absolute Gasteiger partial charge is 0.485 e. The number of piperidine rings is 1. The van der Waals surface area contributed by atoms with Crippen molar-refractivity contribution in [1.82, 2.24) is 15.1 Å². The maximum atomic E-state index is 13.0. The normalized spacial score (nSPS) is 23.6. The first-order valence-corrected chi connectivity index (χ1v) is 8.00. The van der Waals surface area contributed by atoms with Crippen molar-refractivity contribution in [3.8, 4) is 11.5 Å². The molecule has 2 aromatic rings. The van der Waals surface area contributed by atoms with Crippen molar-refractivity contribution >= 4 is 5.91 Å². The topological polar surface area (TPSA) is 67.5 Å². The number of amides is 1. The fraction of sp³-hybridized carbons (Fsp3) is 0.412. The van der Waals surface area contributed by atoms with Gasteiger partial charge in [-0.1, -0.05) is 12.1 Å². The van der Waals surface area contributed by atoms with Gasteiger partial charge in [-0.3, -0.25) is 9.89 Å². The average molecular weight is 313 g/mol. The lowest BCUT2D eigenvalue weighted by molar-refractivity contribution is -0.145. The molecule has 120 valence electrons. The van der Waals surface area contributed by atoms with Crippen molar-refractivity contribution in [2.75, 3.05) is 13.2 Å². The molecule has 0 unspecified atom stereocenters. The van der Waals surface area contributed by atoms with Gasteiger partial charge in [0.15, 0.2) is 11.5 Å². The predicted octanol–water partition coefficient (Wildman–Crippen LogP) is 2.30. The van der Waals surface area contributed by atoms with Crippen molar-refractivity contribution in [3.63, 3.8) is 0 Å². The quantitative estimate of drug-likeness (QED) is 0.924. The lowest BCUT2D eigenvalue weighted by atomic mass is 9.97. The van der Waals surface area contributed by atoms with Gasteiger partial charge in [0.05, 0.1) is 12.2 Å². The fourth-order valence-corrected chi connectivity index (χ4v) is 3.31. The molecule has 2 aliphatic rings. The Labute approximate surface area is 134 Å². The minimum atomic E-state index is -0.586. The minimum Gasteiger partial charge on any atom is -0.485 e. The van der Waals surface area contributed by atoms with Gasteiger partial charge in [0, 0.05) is 18.3 Å². The average Bonchev–Trinajstić information content (AvgIpc) is 3.15. The van der Waals surface area contributed by atoms with Gasteiger partial charge in [0.25, 0.3) is 5.91 Å². The van der Waals surface area contributed by atoms with E-state index in [1.165, 1.54) is 0 Å². The number of carbonyl (C=O) groups is 1. The molecule has 1 saturated heterocycles. The first-order valence-electron chi connectivity index (χ1n) is 8.00. The molecule has 0 bridgehead atoms. The van der Waals surface area contributed by atoms with Crippen LogP contribution in [0, 0.1) is 0 Å². The van der Waals surface area contributed by atoms with Crippen molar-refractivity contribution in [1.29, 1.82) is 0 Å². The second kappa shape index (κ2) is 5.95. The highest BCUT2D eigenvalue weighted by molar-refractivity contribution is 5.82. The number of likely N-dealkylation sites (tertiary alicyclic amines) is 1. The number of fused-ring (bicyclic) bond motifs is 1. The number of hydrogen-bond acceptors (Lipinski definition) is 4. The van der Waals surface area contributed by atoms with Crippen molar-refractivity contribution in [2.45, 2.75) is 31.4 Å². The van der Waals surface area contributed by atoms with Gasteiger partial charge in [-0.25, -0.2) is 0 Å². The van der Waals surface area contributed by atoms with Gasteiger partial charge in [-0.15, -0.1) is 0 Å². The molecule has 1 aromatic carbocycles. The third-order valence-corrected chi connectivity index (χ3v) is 4.47. The number of rotatable bonds is 2. The lowest BCUT2D eigenvalue weighted by Gasteiger charge is -2.38. The monoisotopic (exact) mass is 313 g/mol. The van der Waals surface area contributed by atoms with Gasteiger partial charge in [-0.2, -0.15) is 5.10 Å². The molecule has 1 fully saturated rings. The molecule has 1 aromatic heterocycles. The van der Waals surface area contributed by atoms with Crippen LogP contribution in [0.15, 0.2) is 36.7 Å². The van der Waals surface area contributed by atoms with Gasteiger partial charge >= 0.3 is 0 Å². The molecule has 6 nitrogen and oxygen atoms in total. The molecule has 0 aliphatic carbocycles. The van der Waals surface area contributed by atoms with Crippen LogP contribution in [-0.4, -0.2) is 40.3 Å². The zero-order valence-electron chi connectivity index (χ0n) is 12.8. The van der Waals surface area contributed by atoms with Crippen LogP contribution in [0.1, 0.15) is 30.9 Å². The highest BCUT2D eigenvalue weighted by Gasteiger charge is 2.36. The van der Waals surface area contributed by atoms with E-state index in [4.69, 9.17) is 9.47 Å². The predicted molar refractivity (Wildman–Crippen MR) is 83.2 cm³/mol. The van der Waals surface area contributed by atoms with E-state index in [0.29, 0.717) is 11.5 Å². The molecule has 4 rings (SSSR count). The fourth-order valence-electron chi connectivity index (χ4n) is 3.31. The van der Waals surface area contributed by atoms with Gasteiger partial charge in [0.1, 0.15) is 6.61 Å². The van der Waals surface area contributed by atoms with Crippen LogP contribution >= 0.6 is 0 Å². The van der Waals surface area contributed by atoms with Gasteiger partial charge in [0.2, 0.25) is 6.10 Å². The van der Waals surface area contributed by atoms with Crippen LogP contribution in [0.2, 0.25) is 0 Å². The van der Waals surface area contributed by atoms with Crippen LogP contribution in [0.5, 0.6) is 11.5 Å². The number of H-pyrrole nitrogens is 1. The Morgan fingerprint density at radius 1 is 1.26 bits per heavy atom. The number of para-hydroxylation sites is 2. The molecule has 3 heterocycles. The molecule has 0 spiro atoms. The molecule has 23 heavy (non-hydrogen) atoms. The van der Waals surface area contributed by atoms with Crippen molar-refractivity contribution in [2.24, 2.45) is 0 Å². The molecule has 6 heteroatoms. The zero-order chi connectivity index (χ0) is 15.6. The van der Waals surface area contributed by atoms with E-state index in [-0.39, 0.29) is 18.6 Å². The SMILES string of the molecule is O=C([C@H]1COc2ccccc2O1)N1CCCC[C@@H]1c1cn[nH]c1. The third-order valence-electron chi connectivity index (χ3n) is 4.47. The van der Waals surface area contributed by atoms with Crippen LogP contribution in [0.25, 0.3) is 0 Å². The summed E-state index contributed by atoms with van der Waals surface area (Å²) in [6.45, 7) is 1.00. The summed E-state index contributed by atoms with van der Waals surface area (Å²) in [5.74, 6) is 1.32. The molecular formula is C17H19N3O3. The Morgan fingerprint density at radius 3 is 2.96 bits per heavy atom. The lowest BCUT2D eigenvalue weighted by Crippen LogP contribution is -2.49. The summed E-state index contributed by atoms with van der Waals surface area (Å²) in [7, 11) is 0. The number of nitrogens with one attached hydrogen (secondary N) is 1. The number of ether oxygens (including phenoxy) is 2. The van der Waals surface area contributed by atoms with Crippen LogP contribution in [0.4, 0.5) is 0 Å². The Bertz CT molecular complexity index is 686. The standard InChI is InChI=1S/C17H19N3O3/c21-17(16-11-22-14-6-1-2-7-15(14)23-16)20-8-4-3-5-13(20)12-9-18-19-10-12/h1-2,6-7,9-10,13,16H,3-5,8,11H2,(H,18,19)/t13-,16-/m1/s1. The molecular weight excluding hydrogens is 294 g/mol. The van der Waals surface area contributed by atoms with Gasteiger partial charge < -0.3 is 14.4 Å². The summed E-state index contributed by atoms with van der Waals surface area (Å²) in [6.07, 6.45) is 6.16.